The number of nitrogens with zero attached hydrogens (tertiary/aromatic N) is 2. The Kier molecular flexibility index (Phi) is 6.48. The van der Waals surface area contributed by atoms with Gasteiger partial charge in [0.2, 0.25) is 0 Å². The summed E-state index contributed by atoms with van der Waals surface area (Å²) in [4.78, 5) is 5.01. The third-order valence-corrected chi connectivity index (χ3v) is 5.81. The molecule has 0 aromatic rings. The van der Waals surface area contributed by atoms with Crippen molar-refractivity contribution in [3.05, 3.63) is 0 Å². The van der Waals surface area contributed by atoms with Gasteiger partial charge in [-0.05, 0) is 45.2 Å². The Morgan fingerprint density at radius 3 is 2.52 bits per heavy atom. The van der Waals surface area contributed by atoms with Crippen molar-refractivity contribution >= 4 is 0 Å². The van der Waals surface area contributed by atoms with Crippen LogP contribution in [-0.4, -0.2) is 67.8 Å². The predicted molar refractivity (Wildman–Crippen MR) is 88.5 cm³/mol. The average molecular weight is 297 g/mol. The van der Waals surface area contributed by atoms with Gasteiger partial charge in [0, 0.05) is 31.7 Å². The highest BCUT2D eigenvalue weighted by molar-refractivity contribution is 4.96. The summed E-state index contributed by atoms with van der Waals surface area (Å²) in [6.45, 7) is 10.5. The Bertz CT molecular complexity index is 302. The van der Waals surface area contributed by atoms with Crippen molar-refractivity contribution in [2.24, 2.45) is 11.7 Å². The molecule has 2 aliphatic rings. The maximum absolute atomic E-state index is 6.24. The zero-order valence-electron chi connectivity index (χ0n) is 14.3. The number of nitrogens with two attached hydrogens (primary N) is 1. The van der Waals surface area contributed by atoms with Crippen molar-refractivity contribution in [3.63, 3.8) is 0 Å². The van der Waals surface area contributed by atoms with Crippen molar-refractivity contribution in [2.45, 2.75) is 57.6 Å². The van der Waals surface area contributed by atoms with Crippen LogP contribution in [0.25, 0.3) is 0 Å². The molecular weight excluding hydrogens is 262 g/mol. The van der Waals surface area contributed by atoms with Crippen LogP contribution in [0.3, 0.4) is 0 Å². The molecule has 0 aromatic carbocycles. The van der Waals surface area contributed by atoms with Gasteiger partial charge in [-0.3, -0.25) is 4.90 Å². The van der Waals surface area contributed by atoms with E-state index in [4.69, 9.17) is 10.5 Å². The minimum absolute atomic E-state index is 0.222. The number of likely N-dealkylation sites (N-methyl/N-ethyl adjacent to an activating group) is 2. The Hall–Kier alpha value is -0.160. The van der Waals surface area contributed by atoms with Gasteiger partial charge in [-0.25, -0.2) is 0 Å². The van der Waals surface area contributed by atoms with Crippen LogP contribution < -0.4 is 5.73 Å². The second-order valence-corrected chi connectivity index (χ2v) is 7.07. The summed E-state index contributed by atoms with van der Waals surface area (Å²) in [5.74, 6) is 0.917. The predicted octanol–water partition coefficient (Wildman–Crippen LogP) is 1.94. The molecule has 1 aliphatic heterocycles. The molecule has 4 nitrogen and oxygen atoms in total. The van der Waals surface area contributed by atoms with Gasteiger partial charge in [-0.1, -0.05) is 20.3 Å². The molecule has 1 atom stereocenters. The van der Waals surface area contributed by atoms with Crippen molar-refractivity contribution < 1.29 is 4.74 Å². The highest BCUT2D eigenvalue weighted by Crippen LogP contribution is 2.37. The molecule has 124 valence electrons. The molecule has 1 saturated carbocycles. The minimum atomic E-state index is 0.222. The fourth-order valence-electron chi connectivity index (χ4n) is 4.15. The van der Waals surface area contributed by atoms with Gasteiger partial charge in [0.05, 0.1) is 12.7 Å². The van der Waals surface area contributed by atoms with Gasteiger partial charge >= 0.3 is 0 Å². The molecule has 0 bridgehead atoms. The fraction of sp³-hybridized carbons (Fsp3) is 1.00. The van der Waals surface area contributed by atoms with E-state index < -0.39 is 0 Å². The van der Waals surface area contributed by atoms with Gasteiger partial charge in [0.1, 0.15) is 0 Å². The first-order chi connectivity index (χ1) is 10.1. The lowest BCUT2D eigenvalue weighted by molar-refractivity contribution is -0.0602. The summed E-state index contributed by atoms with van der Waals surface area (Å²) in [6.07, 6.45) is 6.88. The van der Waals surface area contributed by atoms with E-state index in [9.17, 15) is 0 Å². The highest BCUT2D eigenvalue weighted by Gasteiger charge is 2.39. The Morgan fingerprint density at radius 1 is 1.29 bits per heavy atom. The number of ether oxygens (including phenoxy) is 1. The molecule has 4 heteroatoms. The van der Waals surface area contributed by atoms with Crippen molar-refractivity contribution in [3.8, 4) is 0 Å². The third-order valence-electron chi connectivity index (χ3n) is 5.81. The summed E-state index contributed by atoms with van der Waals surface area (Å²) in [5, 5.41) is 0. The maximum Gasteiger partial charge on any atom is 0.0829 e. The molecule has 0 radical (unpaired) electrons. The van der Waals surface area contributed by atoms with E-state index in [-0.39, 0.29) is 5.54 Å². The Morgan fingerprint density at radius 2 is 2.00 bits per heavy atom. The van der Waals surface area contributed by atoms with E-state index in [1.807, 2.05) is 0 Å². The first-order valence-electron chi connectivity index (χ1n) is 8.88. The van der Waals surface area contributed by atoms with Crippen LogP contribution in [0.5, 0.6) is 0 Å². The van der Waals surface area contributed by atoms with Crippen molar-refractivity contribution in [2.75, 3.05) is 46.4 Å². The highest BCUT2D eigenvalue weighted by atomic mass is 16.5. The summed E-state index contributed by atoms with van der Waals surface area (Å²) in [7, 11) is 2.19. The average Bonchev–Trinajstić information content (AvgIpc) is 2.53. The lowest BCUT2D eigenvalue weighted by atomic mass is 9.74. The molecule has 0 aromatic heterocycles. The molecule has 0 amide bonds. The number of hydrogen-bond donors (Lipinski definition) is 1. The summed E-state index contributed by atoms with van der Waals surface area (Å²) in [6, 6.07) is 0. The van der Waals surface area contributed by atoms with Crippen LogP contribution in [0.1, 0.15) is 46.0 Å². The molecular formula is C17H35N3O. The number of morpholine rings is 1. The smallest absolute Gasteiger partial charge is 0.0829 e. The fourth-order valence-corrected chi connectivity index (χ4v) is 4.15. The molecule has 1 aliphatic carbocycles. The summed E-state index contributed by atoms with van der Waals surface area (Å²) >= 11 is 0. The van der Waals surface area contributed by atoms with Crippen LogP contribution in [0.15, 0.2) is 0 Å². The van der Waals surface area contributed by atoms with Crippen LogP contribution in [0, 0.1) is 5.92 Å². The zero-order valence-corrected chi connectivity index (χ0v) is 14.3. The van der Waals surface area contributed by atoms with E-state index in [1.165, 1.54) is 32.1 Å². The van der Waals surface area contributed by atoms with E-state index >= 15 is 0 Å². The number of rotatable bonds is 6. The van der Waals surface area contributed by atoms with Crippen LogP contribution in [-0.2, 0) is 4.74 Å². The molecule has 2 N–H and O–H groups in total. The molecule has 2 fully saturated rings. The zero-order chi connectivity index (χ0) is 15.3. The van der Waals surface area contributed by atoms with Crippen LogP contribution >= 0.6 is 0 Å². The molecule has 21 heavy (non-hydrogen) atoms. The lowest BCUT2D eigenvalue weighted by Crippen LogP contribution is -2.59. The maximum atomic E-state index is 6.24. The Labute approximate surface area is 131 Å². The first kappa shape index (κ1) is 17.2. The molecule has 1 heterocycles. The van der Waals surface area contributed by atoms with E-state index in [0.717, 1.165) is 45.2 Å². The van der Waals surface area contributed by atoms with Crippen LogP contribution in [0.4, 0.5) is 0 Å². The summed E-state index contributed by atoms with van der Waals surface area (Å²) < 4.78 is 5.98. The van der Waals surface area contributed by atoms with Crippen LogP contribution in [0.2, 0.25) is 0 Å². The minimum Gasteiger partial charge on any atom is -0.374 e. The quantitative estimate of drug-likeness (QED) is 0.813. The van der Waals surface area contributed by atoms with Crippen molar-refractivity contribution in [1.82, 2.24) is 9.80 Å². The molecule has 1 saturated heterocycles. The monoisotopic (exact) mass is 297 g/mol. The first-order valence-corrected chi connectivity index (χ1v) is 8.88. The summed E-state index contributed by atoms with van der Waals surface area (Å²) in [5.41, 5.74) is 6.46. The standard InChI is InChI=1S/C17H35N3O/c1-4-15-6-8-17(14-18,9-7-15)20(5-2)13-16-12-19(3)10-11-21-16/h15-16H,4-14,18H2,1-3H3. The largest absolute Gasteiger partial charge is 0.374 e. The van der Waals surface area contributed by atoms with E-state index in [1.54, 1.807) is 0 Å². The van der Waals surface area contributed by atoms with Gasteiger partial charge in [-0.2, -0.15) is 0 Å². The Balaban J connectivity index is 1.97. The van der Waals surface area contributed by atoms with E-state index in [0.29, 0.717) is 6.10 Å². The molecule has 0 spiro atoms. The second-order valence-electron chi connectivity index (χ2n) is 7.07. The lowest BCUT2D eigenvalue weighted by Gasteiger charge is -2.49. The topological polar surface area (TPSA) is 41.7 Å². The molecule has 1 unspecified atom stereocenters. The van der Waals surface area contributed by atoms with Gasteiger partial charge < -0.3 is 15.4 Å². The number of hydrogen-bond acceptors (Lipinski definition) is 4. The molecule has 2 rings (SSSR count). The second kappa shape index (κ2) is 7.91. The third kappa shape index (κ3) is 4.19. The van der Waals surface area contributed by atoms with Gasteiger partial charge in [0.15, 0.2) is 0 Å². The SMILES string of the molecule is CCC1CCC(CN)(N(CC)CC2CN(C)CCO2)CC1. The van der Waals surface area contributed by atoms with Gasteiger partial charge in [-0.15, -0.1) is 0 Å². The van der Waals surface area contributed by atoms with Crippen molar-refractivity contribution in [1.29, 1.82) is 0 Å². The normalized spacial score (nSPS) is 35.3. The van der Waals surface area contributed by atoms with E-state index in [2.05, 4.69) is 30.7 Å². The van der Waals surface area contributed by atoms with Gasteiger partial charge in [0.25, 0.3) is 0 Å².